The van der Waals surface area contributed by atoms with Gasteiger partial charge < -0.3 is 5.32 Å². The lowest BCUT2D eigenvalue weighted by Crippen LogP contribution is -2.17. The monoisotopic (exact) mass is 230 g/mol. The van der Waals surface area contributed by atoms with Gasteiger partial charge in [0.05, 0.1) is 11.9 Å². The maximum atomic E-state index is 3.93. The number of nitrogens with one attached hydrogen (secondary N) is 1. The number of hydrogen-bond acceptors (Lipinski definition) is 3. The molecule has 0 radical (unpaired) electrons. The van der Waals surface area contributed by atoms with Gasteiger partial charge in [0.15, 0.2) is 0 Å². The first-order chi connectivity index (χ1) is 8.22. The zero-order valence-corrected chi connectivity index (χ0v) is 10.5. The third-order valence-corrected chi connectivity index (χ3v) is 2.93. The third kappa shape index (κ3) is 2.53. The predicted octanol–water partition coefficient (Wildman–Crippen LogP) is 2.15. The van der Waals surface area contributed by atoms with Crippen LogP contribution >= 0.6 is 0 Å². The van der Waals surface area contributed by atoms with Crippen LogP contribution in [0.2, 0.25) is 0 Å². The highest BCUT2D eigenvalue weighted by Gasteiger charge is 2.06. The fraction of sp³-hybridized carbons (Fsp3) is 0.385. The van der Waals surface area contributed by atoms with Crippen LogP contribution in [0.5, 0.6) is 0 Å². The summed E-state index contributed by atoms with van der Waals surface area (Å²) in [5.41, 5.74) is 3.48. The number of benzene rings is 1. The van der Waals surface area contributed by atoms with E-state index in [1.54, 1.807) is 10.9 Å². The van der Waals surface area contributed by atoms with Crippen LogP contribution in [0.1, 0.15) is 25.5 Å². The topological polar surface area (TPSA) is 42.7 Å². The molecule has 17 heavy (non-hydrogen) atoms. The van der Waals surface area contributed by atoms with Crippen molar-refractivity contribution in [3.05, 3.63) is 36.0 Å². The molecule has 2 rings (SSSR count). The molecule has 1 aromatic heterocycles. The van der Waals surface area contributed by atoms with E-state index in [0.717, 1.165) is 17.8 Å². The molecular weight excluding hydrogens is 212 g/mol. The van der Waals surface area contributed by atoms with Crippen LogP contribution < -0.4 is 5.32 Å². The Bertz CT molecular complexity index is 472. The van der Waals surface area contributed by atoms with E-state index in [1.165, 1.54) is 5.56 Å². The Morgan fingerprint density at radius 2 is 2.00 bits per heavy atom. The van der Waals surface area contributed by atoms with E-state index in [0.29, 0.717) is 6.04 Å². The smallest absolute Gasteiger partial charge is 0.0882 e. The summed E-state index contributed by atoms with van der Waals surface area (Å²) in [5, 5.41) is 11.2. The Balaban J connectivity index is 2.21. The summed E-state index contributed by atoms with van der Waals surface area (Å²) in [6.45, 7) is 5.27. The molecule has 4 heteroatoms. The molecule has 1 N–H and O–H groups in total. The first-order valence-electron chi connectivity index (χ1n) is 5.90. The molecule has 0 saturated carbocycles. The van der Waals surface area contributed by atoms with Crippen molar-refractivity contribution in [1.82, 2.24) is 20.3 Å². The molecule has 0 amide bonds. The van der Waals surface area contributed by atoms with Crippen LogP contribution in [0.15, 0.2) is 30.5 Å². The quantitative estimate of drug-likeness (QED) is 0.875. The summed E-state index contributed by atoms with van der Waals surface area (Å²) >= 11 is 0. The van der Waals surface area contributed by atoms with E-state index >= 15 is 0 Å². The third-order valence-electron chi connectivity index (χ3n) is 2.93. The van der Waals surface area contributed by atoms with E-state index in [2.05, 4.69) is 53.7 Å². The van der Waals surface area contributed by atoms with E-state index in [9.17, 15) is 0 Å². The highest BCUT2D eigenvalue weighted by molar-refractivity contribution is 5.58. The van der Waals surface area contributed by atoms with Crippen LogP contribution in [0.25, 0.3) is 11.3 Å². The average molecular weight is 230 g/mol. The maximum absolute atomic E-state index is 3.93. The summed E-state index contributed by atoms with van der Waals surface area (Å²) in [7, 11) is 1.90. The van der Waals surface area contributed by atoms with Gasteiger partial charge in [0, 0.05) is 18.7 Å². The minimum Gasteiger partial charge on any atom is -0.310 e. The van der Waals surface area contributed by atoms with Gasteiger partial charge in [0.25, 0.3) is 0 Å². The molecule has 0 spiro atoms. The van der Waals surface area contributed by atoms with Crippen LogP contribution in [0.3, 0.4) is 0 Å². The number of aryl methyl sites for hydroxylation is 1. The van der Waals surface area contributed by atoms with Crippen molar-refractivity contribution in [2.24, 2.45) is 7.05 Å². The highest BCUT2D eigenvalue weighted by Crippen LogP contribution is 2.20. The zero-order valence-electron chi connectivity index (χ0n) is 10.5. The van der Waals surface area contributed by atoms with Crippen molar-refractivity contribution >= 4 is 0 Å². The second-order valence-corrected chi connectivity index (χ2v) is 4.14. The fourth-order valence-electron chi connectivity index (χ4n) is 1.92. The number of nitrogens with zero attached hydrogens (tertiary/aromatic N) is 3. The fourth-order valence-corrected chi connectivity index (χ4v) is 1.92. The first kappa shape index (κ1) is 11.8. The molecule has 0 fully saturated rings. The molecule has 2 aromatic rings. The van der Waals surface area contributed by atoms with Gasteiger partial charge in [-0.1, -0.05) is 36.4 Å². The van der Waals surface area contributed by atoms with Crippen LogP contribution in [0, 0.1) is 0 Å². The Labute approximate surface area is 102 Å². The molecule has 1 aromatic carbocycles. The lowest BCUT2D eigenvalue weighted by Gasteiger charge is -2.13. The number of rotatable bonds is 4. The average Bonchev–Trinajstić information content (AvgIpc) is 2.76. The van der Waals surface area contributed by atoms with Gasteiger partial charge in [-0.2, -0.15) is 0 Å². The predicted molar refractivity (Wildman–Crippen MR) is 68.5 cm³/mol. The lowest BCUT2D eigenvalue weighted by atomic mass is 10.0. The van der Waals surface area contributed by atoms with Gasteiger partial charge in [-0.05, 0) is 19.0 Å². The van der Waals surface area contributed by atoms with Gasteiger partial charge in [-0.3, -0.25) is 0 Å². The molecule has 0 aliphatic rings. The van der Waals surface area contributed by atoms with Crippen molar-refractivity contribution < 1.29 is 0 Å². The second-order valence-electron chi connectivity index (χ2n) is 4.14. The van der Waals surface area contributed by atoms with E-state index < -0.39 is 0 Å². The van der Waals surface area contributed by atoms with Gasteiger partial charge in [-0.25, -0.2) is 4.68 Å². The summed E-state index contributed by atoms with van der Waals surface area (Å²) in [5.74, 6) is 0. The molecule has 1 heterocycles. The van der Waals surface area contributed by atoms with Crippen molar-refractivity contribution in [3.8, 4) is 11.3 Å². The van der Waals surface area contributed by atoms with Crippen LogP contribution in [0.4, 0.5) is 0 Å². The standard InChI is InChI=1S/C13H18N4/c1-4-14-10(2)11-5-7-12(8-6-11)13-9-15-16-17(13)3/h5-10,14H,4H2,1-3H3. The summed E-state index contributed by atoms with van der Waals surface area (Å²) in [4.78, 5) is 0. The van der Waals surface area contributed by atoms with Gasteiger partial charge in [0.1, 0.15) is 0 Å². The number of aromatic nitrogens is 3. The molecule has 0 aliphatic carbocycles. The summed E-state index contributed by atoms with van der Waals surface area (Å²) < 4.78 is 1.78. The van der Waals surface area contributed by atoms with Gasteiger partial charge >= 0.3 is 0 Å². The Morgan fingerprint density at radius 1 is 1.29 bits per heavy atom. The Hall–Kier alpha value is -1.68. The molecule has 1 unspecified atom stereocenters. The molecule has 0 saturated heterocycles. The van der Waals surface area contributed by atoms with Crippen LogP contribution in [-0.4, -0.2) is 21.5 Å². The minimum absolute atomic E-state index is 0.388. The second kappa shape index (κ2) is 5.10. The maximum Gasteiger partial charge on any atom is 0.0882 e. The Kier molecular flexibility index (Phi) is 3.54. The molecule has 90 valence electrons. The van der Waals surface area contributed by atoms with Crippen molar-refractivity contribution in [1.29, 1.82) is 0 Å². The largest absolute Gasteiger partial charge is 0.310 e. The molecule has 0 aliphatic heterocycles. The van der Waals surface area contributed by atoms with Crippen molar-refractivity contribution in [2.75, 3.05) is 6.54 Å². The van der Waals surface area contributed by atoms with Crippen molar-refractivity contribution in [3.63, 3.8) is 0 Å². The van der Waals surface area contributed by atoms with Gasteiger partial charge in [0.2, 0.25) is 0 Å². The first-order valence-corrected chi connectivity index (χ1v) is 5.90. The molecular formula is C13H18N4. The molecule has 0 bridgehead atoms. The minimum atomic E-state index is 0.388. The molecule has 4 nitrogen and oxygen atoms in total. The summed E-state index contributed by atoms with van der Waals surface area (Å²) in [6, 6.07) is 8.91. The van der Waals surface area contributed by atoms with E-state index in [-0.39, 0.29) is 0 Å². The van der Waals surface area contributed by atoms with Crippen molar-refractivity contribution in [2.45, 2.75) is 19.9 Å². The number of hydrogen-bond donors (Lipinski definition) is 1. The van der Waals surface area contributed by atoms with E-state index in [1.807, 2.05) is 7.05 Å². The Morgan fingerprint density at radius 3 is 2.53 bits per heavy atom. The van der Waals surface area contributed by atoms with Crippen LogP contribution in [-0.2, 0) is 7.05 Å². The summed E-state index contributed by atoms with van der Waals surface area (Å²) in [6.07, 6.45) is 1.78. The zero-order chi connectivity index (χ0) is 12.3. The normalized spacial score (nSPS) is 12.6. The SMILES string of the molecule is CCNC(C)c1ccc(-c2cnnn2C)cc1. The highest BCUT2D eigenvalue weighted by atomic mass is 15.4. The lowest BCUT2D eigenvalue weighted by molar-refractivity contribution is 0.598. The molecule has 1 atom stereocenters. The van der Waals surface area contributed by atoms with Gasteiger partial charge in [-0.15, -0.1) is 5.10 Å². The van der Waals surface area contributed by atoms with E-state index in [4.69, 9.17) is 0 Å².